The number of rotatable bonds is 13. The lowest BCUT2D eigenvalue weighted by Crippen LogP contribution is -2.11. The van der Waals surface area contributed by atoms with Crippen LogP contribution >= 0.6 is 0 Å². The lowest BCUT2D eigenvalue weighted by atomic mass is 10.0. The van der Waals surface area contributed by atoms with Gasteiger partial charge in [0.05, 0.1) is 18.9 Å². The summed E-state index contributed by atoms with van der Waals surface area (Å²) in [6.45, 7) is 8.93. The zero-order valence-electron chi connectivity index (χ0n) is 21.9. The summed E-state index contributed by atoms with van der Waals surface area (Å²) in [4.78, 5) is 24.3. The fraction of sp³-hybridized carbons (Fsp3) is 0.400. The Bertz CT molecular complexity index is 1190. The molecule has 0 aliphatic rings. The van der Waals surface area contributed by atoms with E-state index in [1.807, 2.05) is 19.1 Å². The molecular weight excluding hydrogens is 452 g/mol. The number of aromatic nitrogens is 1. The van der Waals surface area contributed by atoms with E-state index < -0.39 is 0 Å². The van der Waals surface area contributed by atoms with Crippen molar-refractivity contribution in [1.82, 2.24) is 4.57 Å². The summed E-state index contributed by atoms with van der Waals surface area (Å²) in [6.07, 6.45) is 8.06. The van der Waals surface area contributed by atoms with Crippen molar-refractivity contribution in [3.63, 3.8) is 0 Å². The van der Waals surface area contributed by atoms with Crippen LogP contribution in [0.3, 0.4) is 0 Å². The van der Waals surface area contributed by atoms with Crippen molar-refractivity contribution < 1.29 is 19.1 Å². The Hall–Kier alpha value is -3.54. The van der Waals surface area contributed by atoms with Crippen molar-refractivity contribution in [2.45, 2.75) is 65.8 Å². The van der Waals surface area contributed by atoms with Crippen LogP contribution in [0, 0.1) is 0 Å². The molecule has 0 aliphatic carbocycles. The molecule has 1 N–H and O–H groups in total. The summed E-state index contributed by atoms with van der Waals surface area (Å²) >= 11 is 0. The zero-order valence-corrected chi connectivity index (χ0v) is 21.9. The van der Waals surface area contributed by atoms with E-state index in [9.17, 15) is 9.59 Å². The molecule has 1 heterocycles. The second-order valence-corrected chi connectivity index (χ2v) is 8.92. The van der Waals surface area contributed by atoms with Gasteiger partial charge in [-0.2, -0.15) is 0 Å². The number of allylic oxidation sites excluding steroid dienone is 1. The summed E-state index contributed by atoms with van der Waals surface area (Å²) in [6, 6.07) is 16.3. The second kappa shape index (κ2) is 13.5. The average Bonchev–Trinajstić information content (AvgIpc) is 3.29. The Morgan fingerprint density at radius 3 is 2.64 bits per heavy atom. The number of ether oxygens (including phenoxy) is 2. The summed E-state index contributed by atoms with van der Waals surface area (Å²) < 4.78 is 13.1. The Labute approximate surface area is 214 Å². The predicted octanol–water partition coefficient (Wildman–Crippen LogP) is 7.16. The molecule has 0 saturated carbocycles. The highest BCUT2D eigenvalue weighted by molar-refractivity contribution is 6.04. The number of nitrogens with one attached hydrogen (secondary N) is 1. The molecule has 6 heteroatoms. The smallest absolute Gasteiger partial charge is 0.305 e. The van der Waals surface area contributed by atoms with Gasteiger partial charge < -0.3 is 19.4 Å². The van der Waals surface area contributed by atoms with Crippen molar-refractivity contribution in [2.75, 3.05) is 18.5 Å². The number of hydrogen-bond donors (Lipinski definition) is 1. The molecule has 1 unspecified atom stereocenters. The molecule has 1 aromatic heterocycles. The highest BCUT2D eigenvalue weighted by Crippen LogP contribution is 2.28. The first-order chi connectivity index (χ1) is 17.5. The van der Waals surface area contributed by atoms with Gasteiger partial charge in [-0.1, -0.05) is 38.5 Å². The third-order valence-corrected chi connectivity index (χ3v) is 6.24. The first kappa shape index (κ1) is 27.1. The van der Waals surface area contributed by atoms with Gasteiger partial charge in [0, 0.05) is 35.6 Å². The first-order valence-electron chi connectivity index (χ1n) is 12.9. The molecular formula is C30H38N2O4. The van der Waals surface area contributed by atoms with E-state index in [1.165, 1.54) is 10.9 Å². The molecule has 0 fully saturated rings. The van der Waals surface area contributed by atoms with E-state index >= 15 is 0 Å². The molecule has 3 aromatic rings. The van der Waals surface area contributed by atoms with E-state index in [0.29, 0.717) is 43.5 Å². The minimum absolute atomic E-state index is 0.221. The number of esters is 1. The van der Waals surface area contributed by atoms with Crippen molar-refractivity contribution >= 4 is 34.0 Å². The van der Waals surface area contributed by atoms with Crippen LogP contribution in [0.15, 0.2) is 60.8 Å². The Kier molecular flexibility index (Phi) is 10.2. The lowest BCUT2D eigenvalue weighted by molar-refractivity contribution is -0.143. The van der Waals surface area contributed by atoms with Crippen molar-refractivity contribution in [3.05, 3.63) is 66.4 Å². The summed E-state index contributed by atoms with van der Waals surface area (Å²) in [7, 11) is 0. The van der Waals surface area contributed by atoms with Gasteiger partial charge in [0.2, 0.25) is 5.91 Å². The highest BCUT2D eigenvalue weighted by Gasteiger charge is 2.12. The van der Waals surface area contributed by atoms with Gasteiger partial charge in [0.25, 0.3) is 0 Å². The van der Waals surface area contributed by atoms with Gasteiger partial charge in [-0.15, -0.1) is 0 Å². The van der Waals surface area contributed by atoms with Gasteiger partial charge in [0.15, 0.2) is 0 Å². The van der Waals surface area contributed by atoms with E-state index in [2.05, 4.69) is 54.2 Å². The van der Waals surface area contributed by atoms with Crippen molar-refractivity contribution in [2.24, 2.45) is 0 Å². The summed E-state index contributed by atoms with van der Waals surface area (Å²) in [5.41, 5.74) is 3.72. The second-order valence-electron chi connectivity index (χ2n) is 8.92. The maximum absolute atomic E-state index is 12.8. The van der Waals surface area contributed by atoms with E-state index in [-0.39, 0.29) is 11.9 Å². The predicted molar refractivity (Wildman–Crippen MR) is 146 cm³/mol. The maximum atomic E-state index is 12.8. The Morgan fingerprint density at radius 1 is 1.08 bits per heavy atom. The fourth-order valence-electron chi connectivity index (χ4n) is 4.38. The molecule has 0 saturated heterocycles. The van der Waals surface area contributed by atoms with E-state index in [4.69, 9.17) is 9.47 Å². The number of anilines is 1. The SMILES string of the molecule is CCCC(CC)n1ccc2cc(/C(C)=C/C(=O)Nc3ccccc3OCCCC(=O)OCC)ccc21. The number of hydrogen-bond acceptors (Lipinski definition) is 4. The topological polar surface area (TPSA) is 69.6 Å². The number of amides is 1. The molecule has 2 aromatic carbocycles. The number of benzene rings is 2. The fourth-order valence-corrected chi connectivity index (χ4v) is 4.38. The van der Waals surface area contributed by atoms with Crippen LogP contribution in [-0.4, -0.2) is 29.7 Å². The van der Waals surface area contributed by atoms with Gasteiger partial charge >= 0.3 is 5.97 Å². The monoisotopic (exact) mass is 490 g/mol. The normalized spacial score (nSPS) is 12.4. The molecule has 1 atom stereocenters. The van der Waals surface area contributed by atoms with Crippen LogP contribution in [0.2, 0.25) is 0 Å². The molecule has 36 heavy (non-hydrogen) atoms. The highest BCUT2D eigenvalue weighted by atomic mass is 16.5. The molecule has 1 amide bonds. The average molecular weight is 491 g/mol. The van der Waals surface area contributed by atoms with Crippen molar-refractivity contribution in [1.29, 1.82) is 0 Å². The minimum atomic E-state index is -0.232. The molecule has 0 spiro atoms. The van der Waals surface area contributed by atoms with Crippen LogP contribution in [-0.2, 0) is 14.3 Å². The van der Waals surface area contributed by atoms with Gasteiger partial charge in [-0.25, -0.2) is 0 Å². The number of para-hydroxylation sites is 2. The van der Waals surface area contributed by atoms with E-state index in [1.54, 1.807) is 25.1 Å². The molecule has 3 rings (SSSR count). The third-order valence-electron chi connectivity index (χ3n) is 6.24. The standard InChI is InChI=1S/C30H38N2O4/c1-5-11-25(6-2)32-18-17-24-21-23(15-16-27(24)32)22(4)20-29(33)31-26-12-8-9-13-28(26)36-19-10-14-30(34)35-7-3/h8-9,12-13,15-18,20-21,25H,5-7,10-11,14,19H2,1-4H3,(H,31,33)/b22-20+. The number of carbonyl (C=O) groups is 2. The molecule has 192 valence electrons. The minimum Gasteiger partial charge on any atom is -0.491 e. The van der Waals surface area contributed by atoms with Crippen LogP contribution < -0.4 is 10.1 Å². The third kappa shape index (κ3) is 7.23. The molecule has 0 aliphatic heterocycles. The first-order valence-corrected chi connectivity index (χ1v) is 12.9. The van der Waals surface area contributed by atoms with E-state index in [0.717, 1.165) is 30.4 Å². The van der Waals surface area contributed by atoms with Crippen LogP contribution in [0.25, 0.3) is 16.5 Å². The van der Waals surface area contributed by atoms with Crippen molar-refractivity contribution in [3.8, 4) is 5.75 Å². The maximum Gasteiger partial charge on any atom is 0.305 e. The Balaban J connectivity index is 1.66. The summed E-state index contributed by atoms with van der Waals surface area (Å²) in [5.74, 6) is 0.118. The molecule has 0 radical (unpaired) electrons. The van der Waals surface area contributed by atoms with Crippen LogP contribution in [0.5, 0.6) is 5.75 Å². The van der Waals surface area contributed by atoms with Crippen LogP contribution in [0.4, 0.5) is 5.69 Å². The molecule has 6 nitrogen and oxygen atoms in total. The number of nitrogens with zero attached hydrogens (tertiary/aromatic N) is 1. The molecule has 0 bridgehead atoms. The lowest BCUT2D eigenvalue weighted by Gasteiger charge is -2.18. The quantitative estimate of drug-likeness (QED) is 0.157. The number of carbonyl (C=O) groups excluding carboxylic acids is 2. The Morgan fingerprint density at radius 2 is 1.89 bits per heavy atom. The zero-order chi connectivity index (χ0) is 25.9. The van der Waals surface area contributed by atoms with Gasteiger partial charge in [-0.05, 0) is 74.6 Å². The number of fused-ring (bicyclic) bond motifs is 1. The van der Waals surface area contributed by atoms with Crippen LogP contribution in [0.1, 0.15) is 71.4 Å². The largest absolute Gasteiger partial charge is 0.491 e. The van der Waals surface area contributed by atoms with Gasteiger partial charge in [0.1, 0.15) is 5.75 Å². The summed E-state index contributed by atoms with van der Waals surface area (Å²) in [5, 5.41) is 4.10. The van der Waals surface area contributed by atoms with Gasteiger partial charge in [-0.3, -0.25) is 9.59 Å².